The Morgan fingerprint density at radius 3 is 2.70 bits per heavy atom. The Bertz CT molecular complexity index is 1710. The highest BCUT2D eigenvalue weighted by molar-refractivity contribution is 6.15. The third-order valence-corrected chi connectivity index (χ3v) is 9.07. The van der Waals surface area contributed by atoms with Crippen molar-refractivity contribution in [1.82, 2.24) is 19.9 Å². The van der Waals surface area contributed by atoms with E-state index in [9.17, 15) is 4.79 Å². The zero-order valence-corrected chi connectivity index (χ0v) is 24.8. The number of carbonyl (C=O) groups excluding carboxylic acids is 1. The molecular formula is C34H37FN8O. The number of likely N-dealkylation sites (tertiary alicyclic amines) is 1. The highest BCUT2D eigenvalue weighted by atomic mass is 19.1. The summed E-state index contributed by atoms with van der Waals surface area (Å²) in [4.78, 5) is 37.0. The van der Waals surface area contributed by atoms with Gasteiger partial charge in [-0.2, -0.15) is 0 Å². The number of benzene rings is 1. The molecule has 9 nitrogen and oxygen atoms in total. The molecule has 3 aromatic rings. The number of hydrogen-bond acceptors (Lipinski definition) is 7. The summed E-state index contributed by atoms with van der Waals surface area (Å²) >= 11 is 0. The van der Waals surface area contributed by atoms with Crippen LogP contribution in [0.15, 0.2) is 58.4 Å². The molecule has 44 heavy (non-hydrogen) atoms. The molecule has 1 saturated carbocycles. The first-order valence-corrected chi connectivity index (χ1v) is 15.7. The normalized spacial score (nSPS) is 18.8. The SMILES string of the molecule is NC1=CC=C(N2CCCCC2)c2nc(C3=NC=NCc4ccc(-c5cncc(NC(=O)C6CCCCC6)c5)c(F)c43)[nH]c2C1. The predicted molar refractivity (Wildman–Crippen MR) is 171 cm³/mol. The number of nitrogens with zero attached hydrogens (tertiary/aromatic N) is 5. The first-order valence-electron chi connectivity index (χ1n) is 15.7. The Labute approximate surface area is 256 Å². The molecule has 7 rings (SSSR count). The lowest BCUT2D eigenvalue weighted by Gasteiger charge is -2.30. The van der Waals surface area contributed by atoms with E-state index in [0.717, 1.165) is 74.4 Å². The minimum atomic E-state index is -0.429. The largest absolute Gasteiger partial charge is 0.402 e. The number of halogens is 1. The maximum atomic E-state index is 16.7. The van der Waals surface area contributed by atoms with E-state index in [0.29, 0.717) is 52.4 Å². The molecule has 1 amide bonds. The van der Waals surface area contributed by atoms with Gasteiger partial charge in [-0.25, -0.2) is 14.4 Å². The van der Waals surface area contributed by atoms with Crippen LogP contribution in [0.1, 0.15) is 79.7 Å². The van der Waals surface area contributed by atoms with Crippen LogP contribution in [0.25, 0.3) is 16.8 Å². The van der Waals surface area contributed by atoms with E-state index in [2.05, 4.69) is 30.2 Å². The maximum Gasteiger partial charge on any atom is 0.227 e. The number of carbonyl (C=O) groups is 1. The van der Waals surface area contributed by atoms with E-state index in [1.807, 2.05) is 18.2 Å². The molecule has 2 fully saturated rings. The van der Waals surface area contributed by atoms with Crippen LogP contribution in [0.3, 0.4) is 0 Å². The highest BCUT2D eigenvalue weighted by Gasteiger charge is 2.28. The van der Waals surface area contributed by atoms with Gasteiger partial charge in [-0.15, -0.1) is 0 Å². The predicted octanol–water partition coefficient (Wildman–Crippen LogP) is 5.73. The van der Waals surface area contributed by atoms with Crippen molar-refractivity contribution in [2.75, 3.05) is 18.4 Å². The average Bonchev–Trinajstić information content (AvgIpc) is 3.22. The van der Waals surface area contributed by atoms with E-state index >= 15 is 4.39 Å². The summed E-state index contributed by atoms with van der Waals surface area (Å²) in [6, 6.07) is 5.41. The standard InChI is InChI=1S/C34H37FN8O/c35-30-26(23-15-25(19-37-18-23)40-34(44)21-7-3-1-4-8-21)11-9-22-17-38-20-39-32(29(22)30)33-41-27-16-24(36)10-12-28(31(27)42-33)43-13-5-2-6-14-43/h9-12,15,18-21H,1-8,13-14,16-17,36H2,(H,40,44)(H,41,42). The zero-order chi connectivity index (χ0) is 30.0. The summed E-state index contributed by atoms with van der Waals surface area (Å²) in [5, 5.41) is 3.01. The van der Waals surface area contributed by atoms with Crippen LogP contribution in [0.2, 0.25) is 0 Å². The van der Waals surface area contributed by atoms with Gasteiger partial charge < -0.3 is 20.9 Å². The Hall–Kier alpha value is -4.60. The first-order chi connectivity index (χ1) is 21.5. The molecule has 2 aliphatic carbocycles. The lowest BCUT2D eigenvalue weighted by Crippen LogP contribution is -2.28. The second-order valence-corrected chi connectivity index (χ2v) is 12.1. The van der Waals surface area contributed by atoms with Crippen molar-refractivity contribution in [1.29, 1.82) is 0 Å². The number of nitrogens with two attached hydrogens (primary N) is 1. The topological polar surface area (TPSA) is 125 Å². The molecule has 4 aliphatic rings. The van der Waals surface area contributed by atoms with Crippen molar-refractivity contribution in [2.45, 2.75) is 64.3 Å². The number of aromatic amines is 1. The Balaban J connectivity index is 1.24. The van der Waals surface area contributed by atoms with Crippen LogP contribution in [0, 0.1) is 11.7 Å². The fraction of sp³-hybridized carbons (Fsp3) is 0.382. The second kappa shape index (κ2) is 12.2. The summed E-state index contributed by atoms with van der Waals surface area (Å²) in [5.41, 5.74) is 12.8. The lowest BCUT2D eigenvalue weighted by atomic mass is 9.88. The number of pyridine rings is 1. The molecule has 0 spiro atoms. The monoisotopic (exact) mass is 592 g/mol. The van der Waals surface area contributed by atoms with Crippen LogP contribution < -0.4 is 11.1 Å². The van der Waals surface area contributed by atoms with E-state index in [4.69, 9.17) is 10.7 Å². The minimum absolute atomic E-state index is 0.00339. The fourth-order valence-corrected chi connectivity index (χ4v) is 6.75. The number of fused-ring (bicyclic) bond motifs is 2. The second-order valence-electron chi connectivity index (χ2n) is 12.1. The molecule has 0 radical (unpaired) electrons. The van der Waals surface area contributed by atoms with Crippen LogP contribution in [0.5, 0.6) is 0 Å². The van der Waals surface area contributed by atoms with Crippen molar-refractivity contribution < 1.29 is 9.18 Å². The lowest BCUT2D eigenvalue weighted by molar-refractivity contribution is -0.120. The molecule has 4 heterocycles. The molecule has 0 atom stereocenters. The van der Waals surface area contributed by atoms with Crippen LogP contribution in [-0.4, -0.2) is 50.9 Å². The third-order valence-electron chi connectivity index (χ3n) is 9.07. The Kier molecular flexibility index (Phi) is 7.80. The van der Waals surface area contributed by atoms with Gasteiger partial charge in [-0.1, -0.05) is 31.4 Å². The van der Waals surface area contributed by atoms with E-state index in [1.165, 1.54) is 19.2 Å². The van der Waals surface area contributed by atoms with Gasteiger partial charge in [0.2, 0.25) is 5.91 Å². The van der Waals surface area contributed by atoms with Crippen molar-refractivity contribution in [3.8, 4) is 11.1 Å². The summed E-state index contributed by atoms with van der Waals surface area (Å²) in [6.45, 7) is 2.22. The smallest absolute Gasteiger partial charge is 0.227 e. The summed E-state index contributed by atoms with van der Waals surface area (Å²) in [5.74, 6) is 0.0607. The van der Waals surface area contributed by atoms with Gasteiger partial charge in [-0.05, 0) is 55.9 Å². The zero-order valence-electron chi connectivity index (χ0n) is 24.8. The van der Waals surface area contributed by atoms with Crippen molar-refractivity contribution >= 4 is 29.3 Å². The number of aromatic nitrogens is 3. The minimum Gasteiger partial charge on any atom is -0.402 e. The van der Waals surface area contributed by atoms with Crippen LogP contribution in [0.4, 0.5) is 10.1 Å². The summed E-state index contributed by atoms with van der Waals surface area (Å²) in [7, 11) is 0. The van der Waals surface area contributed by atoms with Crippen molar-refractivity contribution in [3.63, 3.8) is 0 Å². The van der Waals surface area contributed by atoms with Gasteiger partial charge in [0.15, 0.2) is 5.82 Å². The molecule has 2 aromatic heterocycles. The number of piperidine rings is 1. The maximum absolute atomic E-state index is 16.7. The number of imidazole rings is 1. The summed E-state index contributed by atoms with van der Waals surface area (Å²) in [6.07, 6.45) is 17.8. The van der Waals surface area contributed by atoms with E-state index < -0.39 is 5.82 Å². The van der Waals surface area contributed by atoms with E-state index in [1.54, 1.807) is 24.5 Å². The van der Waals surface area contributed by atoms with Crippen molar-refractivity contribution in [3.05, 3.63) is 82.6 Å². The number of allylic oxidation sites excluding steroid dienone is 3. The molecule has 2 aliphatic heterocycles. The number of amides is 1. The Morgan fingerprint density at radius 1 is 1.05 bits per heavy atom. The quantitative estimate of drug-likeness (QED) is 0.349. The van der Waals surface area contributed by atoms with Crippen molar-refractivity contribution in [2.24, 2.45) is 21.6 Å². The molecule has 0 unspecified atom stereocenters. The number of rotatable bonds is 5. The van der Waals surface area contributed by atoms with Gasteiger partial charge in [0, 0.05) is 54.0 Å². The molecule has 4 N–H and O–H groups in total. The molecule has 0 bridgehead atoms. The molecule has 10 heteroatoms. The first kappa shape index (κ1) is 28.2. The van der Waals surface area contributed by atoms with Gasteiger partial charge in [-0.3, -0.25) is 14.8 Å². The molecular weight excluding hydrogens is 555 g/mol. The summed E-state index contributed by atoms with van der Waals surface area (Å²) < 4.78 is 16.7. The molecule has 226 valence electrons. The van der Waals surface area contributed by atoms with Gasteiger partial charge >= 0.3 is 0 Å². The van der Waals surface area contributed by atoms with Gasteiger partial charge in [0.05, 0.1) is 29.8 Å². The van der Waals surface area contributed by atoms with Gasteiger partial charge in [0.1, 0.15) is 23.6 Å². The number of hydrogen-bond donors (Lipinski definition) is 3. The van der Waals surface area contributed by atoms with Crippen LogP contribution >= 0.6 is 0 Å². The number of aliphatic imine (C=N–C) groups is 2. The number of H-pyrrole nitrogens is 1. The molecule has 1 saturated heterocycles. The number of nitrogens with one attached hydrogen (secondary N) is 2. The Morgan fingerprint density at radius 2 is 1.86 bits per heavy atom. The third kappa shape index (κ3) is 5.56. The highest BCUT2D eigenvalue weighted by Crippen LogP contribution is 2.33. The average molecular weight is 593 g/mol. The number of anilines is 1. The fourth-order valence-electron chi connectivity index (χ4n) is 6.75. The van der Waals surface area contributed by atoms with E-state index in [-0.39, 0.29) is 11.8 Å². The molecule has 1 aromatic carbocycles. The van der Waals surface area contributed by atoms with Gasteiger partial charge in [0.25, 0.3) is 0 Å². The van der Waals surface area contributed by atoms with Crippen LogP contribution in [-0.2, 0) is 17.8 Å².